The van der Waals surface area contributed by atoms with E-state index in [4.69, 9.17) is 32.4 Å². The molecule has 0 aliphatic rings. The Morgan fingerprint density at radius 3 is 2.55 bits per heavy atom. The second-order valence-corrected chi connectivity index (χ2v) is 9.92. The van der Waals surface area contributed by atoms with Crippen LogP contribution in [0.3, 0.4) is 0 Å². The monoisotopic (exact) mass is 494 g/mol. The molecular weight excluding hydrogens is 479 g/mol. The van der Waals surface area contributed by atoms with Crippen LogP contribution in [0.2, 0.25) is 10.0 Å². The molecule has 31 heavy (non-hydrogen) atoms. The Morgan fingerprint density at radius 2 is 1.84 bits per heavy atom. The van der Waals surface area contributed by atoms with E-state index in [-0.39, 0.29) is 4.90 Å². The lowest BCUT2D eigenvalue weighted by Crippen LogP contribution is -2.12. The number of nitrogens with zero attached hydrogens (tertiary/aromatic N) is 1. The summed E-state index contributed by atoms with van der Waals surface area (Å²) in [6, 6.07) is 16.4. The van der Waals surface area contributed by atoms with Crippen LogP contribution in [0.25, 0.3) is 11.1 Å². The summed E-state index contributed by atoms with van der Waals surface area (Å²) in [5.41, 5.74) is 2.26. The van der Waals surface area contributed by atoms with Crippen LogP contribution in [-0.4, -0.2) is 20.5 Å². The van der Waals surface area contributed by atoms with E-state index in [0.717, 1.165) is 5.56 Å². The zero-order valence-electron chi connectivity index (χ0n) is 16.1. The molecule has 10 heteroatoms. The van der Waals surface area contributed by atoms with Crippen LogP contribution in [0.15, 0.2) is 75.2 Å². The van der Waals surface area contributed by atoms with Gasteiger partial charge in [-0.15, -0.1) is 0 Å². The molecule has 0 aliphatic carbocycles. The first-order valence-corrected chi connectivity index (χ1v) is 12.2. The third kappa shape index (κ3) is 5.10. The van der Waals surface area contributed by atoms with Gasteiger partial charge >= 0.3 is 0 Å². The molecule has 0 atom stereocenters. The van der Waals surface area contributed by atoms with Gasteiger partial charge in [0.15, 0.2) is 5.58 Å². The van der Waals surface area contributed by atoms with Crippen molar-refractivity contribution in [3.8, 4) is 5.75 Å². The number of thioether (sulfide) groups is 1. The van der Waals surface area contributed by atoms with Gasteiger partial charge in [0.05, 0.1) is 12.0 Å². The minimum atomic E-state index is -3.79. The molecular formula is C21H16Cl2N2O4S2. The van der Waals surface area contributed by atoms with Crippen LogP contribution < -0.4 is 9.46 Å². The van der Waals surface area contributed by atoms with E-state index in [0.29, 0.717) is 43.6 Å². The van der Waals surface area contributed by atoms with Crippen LogP contribution in [0, 0.1) is 0 Å². The molecule has 1 aromatic heterocycles. The van der Waals surface area contributed by atoms with Crippen LogP contribution in [0.1, 0.15) is 5.56 Å². The van der Waals surface area contributed by atoms with E-state index >= 15 is 0 Å². The average Bonchev–Trinajstić information content (AvgIpc) is 3.15. The highest BCUT2D eigenvalue weighted by Crippen LogP contribution is 2.31. The van der Waals surface area contributed by atoms with Gasteiger partial charge in [0.2, 0.25) is 0 Å². The smallest absolute Gasteiger partial charge is 0.261 e. The summed E-state index contributed by atoms with van der Waals surface area (Å²) in [4.78, 5) is 4.48. The van der Waals surface area contributed by atoms with Crippen molar-refractivity contribution in [2.45, 2.75) is 15.9 Å². The Bertz CT molecular complexity index is 1340. The fourth-order valence-corrected chi connectivity index (χ4v) is 5.24. The molecule has 0 radical (unpaired) electrons. The number of sulfonamides is 1. The third-order valence-corrected chi connectivity index (χ3v) is 7.20. The van der Waals surface area contributed by atoms with Crippen LogP contribution in [0.4, 0.5) is 5.69 Å². The summed E-state index contributed by atoms with van der Waals surface area (Å²) < 4.78 is 38.8. The second kappa shape index (κ2) is 9.00. The fraction of sp³-hybridized carbons (Fsp3) is 0.0952. The Balaban J connectivity index is 1.52. The molecule has 6 nitrogen and oxygen atoms in total. The zero-order chi connectivity index (χ0) is 22.0. The summed E-state index contributed by atoms with van der Waals surface area (Å²) in [5, 5.41) is 1.55. The summed E-state index contributed by atoms with van der Waals surface area (Å²) >= 11 is 13.5. The van der Waals surface area contributed by atoms with Gasteiger partial charge in [0.1, 0.15) is 11.3 Å². The van der Waals surface area contributed by atoms with E-state index in [1.54, 1.807) is 49.6 Å². The average molecular weight is 495 g/mol. The number of methoxy groups -OCH3 is 1. The number of hydrogen-bond acceptors (Lipinski definition) is 6. The summed E-state index contributed by atoms with van der Waals surface area (Å²) in [6.45, 7) is 0. The topological polar surface area (TPSA) is 81.4 Å². The van der Waals surface area contributed by atoms with Crippen molar-refractivity contribution < 1.29 is 17.6 Å². The number of aromatic nitrogens is 1. The minimum absolute atomic E-state index is 0.0846. The highest BCUT2D eigenvalue weighted by atomic mass is 35.5. The summed E-state index contributed by atoms with van der Waals surface area (Å²) in [5.74, 6) is 1.17. The zero-order valence-corrected chi connectivity index (χ0v) is 19.3. The van der Waals surface area contributed by atoms with Crippen molar-refractivity contribution in [3.63, 3.8) is 0 Å². The minimum Gasteiger partial charge on any atom is -0.497 e. The Hall–Kier alpha value is -2.39. The molecule has 4 rings (SSSR count). The number of halogens is 2. The van der Waals surface area contributed by atoms with E-state index < -0.39 is 10.0 Å². The van der Waals surface area contributed by atoms with Gasteiger partial charge in [-0.25, -0.2) is 13.4 Å². The van der Waals surface area contributed by atoms with Gasteiger partial charge < -0.3 is 9.15 Å². The molecule has 0 spiro atoms. The molecule has 3 aromatic carbocycles. The van der Waals surface area contributed by atoms with Crippen molar-refractivity contribution in [1.29, 1.82) is 0 Å². The molecule has 1 N–H and O–H groups in total. The molecule has 160 valence electrons. The third-order valence-electron chi connectivity index (χ3n) is 4.36. The first-order valence-electron chi connectivity index (χ1n) is 8.98. The van der Waals surface area contributed by atoms with E-state index in [2.05, 4.69) is 9.71 Å². The normalized spacial score (nSPS) is 11.6. The Labute approximate surface area is 193 Å². The molecule has 4 aromatic rings. The lowest BCUT2D eigenvalue weighted by Gasteiger charge is -2.08. The molecule has 0 unspecified atom stereocenters. The van der Waals surface area contributed by atoms with Crippen molar-refractivity contribution >= 4 is 61.8 Å². The van der Waals surface area contributed by atoms with Crippen LogP contribution >= 0.6 is 35.0 Å². The van der Waals surface area contributed by atoms with Gasteiger partial charge in [0, 0.05) is 21.5 Å². The summed E-state index contributed by atoms with van der Waals surface area (Å²) in [6.07, 6.45) is 0. The van der Waals surface area contributed by atoms with Crippen molar-refractivity contribution in [1.82, 2.24) is 4.98 Å². The Morgan fingerprint density at radius 1 is 1.06 bits per heavy atom. The van der Waals surface area contributed by atoms with E-state index in [1.165, 1.54) is 23.9 Å². The second-order valence-electron chi connectivity index (χ2n) is 6.47. The number of benzene rings is 3. The maximum Gasteiger partial charge on any atom is 0.261 e. The number of ether oxygens (including phenoxy) is 1. The van der Waals surface area contributed by atoms with Crippen LogP contribution in [0.5, 0.6) is 5.75 Å². The Kier molecular flexibility index (Phi) is 6.34. The molecule has 0 amide bonds. The van der Waals surface area contributed by atoms with E-state index in [1.807, 2.05) is 6.07 Å². The fourth-order valence-electron chi connectivity index (χ4n) is 2.77. The lowest BCUT2D eigenvalue weighted by molar-refractivity contribution is 0.415. The maximum absolute atomic E-state index is 12.8. The number of nitrogens with one attached hydrogen (secondary N) is 1. The molecule has 0 bridgehead atoms. The number of anilines is 1. The largest absolute Gasteiger partial charge is 0.497 e. The highest BCUT2D eigenvalue weighted by molar-refractivity contribution is 7.98. The molecule has 0 fully saturated rings. The molecule has 1 heterocycles. The van der Waals surface area contributed by atoms with Crippen molar-refractivity contribution in [2.24, 2.45) is 0 Å². The summed E-state index contributed by atoms with van der Waals surface area (Å²) in [7, 11) is -2.24. The molecule has 0 saturated heterocycles. The maximum atomic E-state index is 12.8. The van der Waals surface area contributed by atoms with Gasteiger partial charge in [-0.2, -0.15) is 0 Å². The first kappa shape index (κ1) is 21.8. The standard InChI is InChI=1S/C21H16Cl2N2O4S2/c1-28-16-6-4-15(5-7-16)25-31(26,27)17-8-9-20-19(11-17)24-21(29-20)30-12-13-2-3-14(22)10-18(13)23/h2-11,25H,12H2,1H3. The van der Waals surface area contributed by atoms with Crippen LogP contribution in [-0.2, 0) is 15.8 Å². The predicted octanol–water partition coefficient (Wildman–Crippen LogP) is 6.24. The van der Waals surface area contributed by atoms with Crippen molar-refractivity contribution in [2.75, 3.05) is 11.8 Å². The number of oxazole rings is 1. The lowest BCUT2D eigenvalue weighted by atomic mass is 10.2. The number of rotatable bonds is 7. The van der Waals surface area contributed by atoms with Gasteiger partial charge in [-0.05, 0) is 60.2 Å². The predicted molar refractivity (Wildman–Crippen MR) is 124 cm³/mol. The first-order chi connectivity index (χ1) is 14.8. The van der Waals surface area contributed by atoms with E-state index in [9.17, 15) is 8.42 Å². The number of hydrogen-bond donors (Lipinski definition) is 1. The van der Waals surface area contributed by atoms with Gasteiger partial charge in [0.25, 0.3) is 15.2 Å². The number of fused-ring (bicyclic) bond motifs is 1. The molecule has 0 aliphatic heterocycles. The highest BCUT2D eigenvalue weighted by Gasteiger charge is 2.17. The van der Waals surface area contributed by atoms with Gasteiger partial charge in [-0.1, -0.05) is 41.0 Å². The quantitative estimate of drug-likeness (QED) is 0.306. The SMILES string of the molecule is COc1ccc(NS(=O)(=O)c2ccc3oc(SCc4ccc(Cl)cc4Cl)nc3c2)cc1. The van der Waals surface area contributed by atoms with Gasteiger partial charge in [-0.3, -0.25) is 4.72 Å². The van der Waals surface area contributed by atoms with Crippen molar-refractivity contribution in [3.05, 3.63) is 76.3 Å². The molecule has 0 saturated carbocycles.